The molecule has 2 aromatic heterocycles. The molecule has 4 aliphatic heterocycles. The number of ether oxygens (including phenoxy) is 1. The summed E-state index contributed by atoms with van der Waals surface area (Å²) in [5, 5.41) is 5.13. The lowest BCUT2D eigenvalue weighted by Gasteiger charge is -2.39. The van der Waals surface area contributed by atoms with Gasteiger partial charge in [-0.15, -0.1) is 6.42 Å². The van der Waals surface area contributed by atoms with Gasteiger partial charge in [0.1, 0.15) is 29.5 Å². The van der Waals surface area contributed by atoms with E-state index in [2.05, 4.69) is 28.0 Å². The number of rotatable bonds is 6. The summed E-state index contributed by atoms with van der Waals surface area (Å²) >= 11 is 0. The molecular weight excluding hydrogens is 632 g/mol. The zero-order valence-corrected chi connectivity index (χ0v) is 28.2. The molecule has 49 heavy (non-hydrogen) atoms. The van der Waals surface area contributed by atoms with Gasteiger partial charge < -0.3 is 15.0 Å². The molecule has 8 rings (SSSR count). The minimum absolute atomic E-state index is 0.0483. The van der Waals surface area contributed by atoms with Crippen LogP contribution in [0.15, 0.2) is 30.3 Å². The van der Waals surface area contributed by atoms with Crippen molar-refractivity contribution in [3.63, 3.8) is 0 Å². The number of hydrogen-bond acceptors (Lipinski definition) is 7. The summed E-state index contributed by atoms with van der Waals surface area (Å²) in [4.78, 5) is 19.1. The van der Waals surface area contributed by atoms with Crippen molar-refractivity contribution in [1.29, 1.82) is 0 Å². The Bertz CT molecular complexity index is 1930. The van der Waals surface area contributed by atoms with E-state index in [9.17, 15) is 13.2 Å². The quantitative estimate of drug-likeness (QED) is 0.175. The number of halogens is 4. The number of nitrogens with one attached hydrogen (secondary N) is 1. The number of aromatic nitrogens is 3. The van der Waals surface area contributed by atoms with Gasteiger partial charge in [-0.2, -0.15) is 9.97 Å². The molecule has 0 bridgehead atoms. The first-order valence-corrected chi connectivity index (χ1v) is 17.5. The molecule has 3 unspecified atom stereocenters. The van der Waals surface area contributed by atoms with Gasteiger partial charge in [0.15, 0.2) is 5.82 Å². The van der Waals surface area contributed by atoms with Crippen LogP contribution in [0.25, 0.3) is 32.9 Å². The highest BCUT2D eigenvalue weighted by Crippen LogP contribution is 2.45. The molecule has 4 atom stereocenters. The lowest BCUT2D eigenvalue weighted by atomic mass is 9.89. The average molecular weight is 675 g/mol. The molecular formula is C38H42F4N6O. The number of hydrogen-bond donors (Lipinski definition) is 1. The molecule has 0 spiro atoms. The summed E-state index contributed by atoms with van der Waals surface area (Å²) in [5.74, 6) is 1.88. The fourth-order valence-electron chi connectivity index (χ4n) is 8.69. The average Bonchev–Trinajstić information content (AvgIpc) is 3.61. The Morgan fingerprint density at radius 3 is 2.73 bits per heavy atom. The fraction of sp³-hybridized carbons (Fsp3) is 0.500. The van der Waals surface area contributed by atoms with E-state index in [1.165, 1.54) is 6.07 Å². The van der Waals surface area contributed by atoms with Gasteiger partial charge in [-0.3, -0.25) is 4.90 Å². The van der Waals surface area contributed by atoms with E-state index in [1.807, 2.05) is 19.9 Å². The standard InChI is InChI=1S/C36H36F4N6O.C2H6/c1-3-23-25(37)9-8-22-6-4-7-24(29(22)23)32-31(40)33-30-26(42-32)14-20(2)27-17-41-11-13-46(27)34(30)44-35(43-33)47-19-36-10-5-12-45(36)18-21(16-36)15-28(38)39;1-2/h1,4,6-9,20-21,27-28,41H,5,10-19H2,2H3;1-2H3/t20-,21?,27?,36?;/m0./s1. The van der Waals surface area contributed by atoms with Crippen molar-refractivity contribution in [2.45, 2.75) is 70.9 Å². The molecule has 1 N–H and O–H groups in total. The van der Waals surface area contributed by atoms with Gasteiger partial charge in [-0.25, -0.2) is 22.5 Å². The van der Waals surface area contributed by atoms with Gasteiger partial charge in [0.2, 0.25) is 6.43 Å². The van der Waals surface area contributed by atoms with Crippen molar-refractivity contribution in [2.24, 2.45) is 11.8 Å². The summed E-state index contributed by atoms with van der Waals surface area (Å²) in [6, 6.07) is 8.39. The highest BCUT2D eigenvalue weighted by atomic mass is 19.3. The molecule has 6 heterocycles. The van der Waals surface area contributed by atoms with E-state index >= 15 is 4.39 Å². The minimum atomic E-state index is -2.34. The molecule has 0 radical (unpaired) electrons. The zero-order valence-electron chi connectivity index (χ0n) is 28.2. The molecule has 3 fully saturated rings. The zero-order chi connectivity index (χ0) is 34.4. The SMILES string of the molecule is C#Cc1c(F)ccc2cccc(-c3nc4c5c(nc(OCC67CCCN6CC(CC(F)F)C7)nc5c3F)N3CCNCC3[C@@H](C)C4)c12.CC. The van der Waals surface area contributed by atoms with Crippen molar-refractivity contribution in [1.82, 2.24) is 25.2 Å². The first-order valence-electron chi connectivity index (χ1n) is 17.5. The van der Waals surface area contributed by atoms with Crippen molar-refractivity contribution in [3.8, 4) is 29.6 Å². The van der Waals surface area contributed by atoms with Crippen LogP contribution in [0.4, 0.5) is 23.4 Å². The first kappa shape index (κ1) is 33.5. The maximum atomic E-state index is 17.0. The molecule has 7 nitrogen and oxygen atoms in total. The molecule has 0 aliphatic carbocycles. The van der Waals surface area contributed by atoms with E-state index < -0.39 is 18.1 Å². The summed E-state index contributed by atoms with van der Waals surface area (Å²) in [6.45, 7) is 10.0. The second-order valence-electron chi connectivity index (χ2n) is 13.7. The van der Waals surface area contributed by atoms with Gasteiger partial charge >= 0.3 is 6.01 Å². The smallest absolute Gasteiger partial charge is 0.319 e. The number of benzene rings is 2. The van der Waals surface area contributed by atoms with Crippen LogP contribution >= 0.6 is 0 Å². The summed E-state index contributed by atoms with van der Waals surface area (Å²) in [7, 11) is 0. The van der Waals surface area contributed by atoms with Gasteiger partial charge in [-0.1, -0.05) is 51.0 Å². The van der Waals surface area contributed by atoms with Crippen LogP contribution in [0.2, 0.25) is 0 Å². The van der Waals surface area contributed by atoms with Gasteiger partial charge in [0, 0.05) is 49.6 Å². The number of fused-ring (bicyclic) bond motifs is 4. The van der Waals surface area contributed by atoms with E-state index in [-0.39, 0.29) is 59.2 Å². The van der Waals surface area contributed by atoms with Crippen LogP contribution in [-0.2, 0) is 6.42 Å². The van der Waals surface area contributed by atoms with Gasteiger partial charge in [0.25, 0.3) is 0 Å². The Labute approximate surface area is 284 Å². The number of anilines is 1. The highest BCUT2D eigenvalue weighted by Gasteiger charge is 2.49. The molecule has 2 aromatic carbocycles. The third-order valence-corrected chi connectivity index (χ3v) is 10.8. The molecule has 3 saturated heterocycles. The number of terminal acetylenes is 1. The number of alkyl halides is 2. The second-order valence-corrected chi connectivity index (χ2v) is 13.7. The third kappa shape index (κ3) is 5.77. The van der Waals surface area contributed by atoms with Crippen LogP contribution in [-0.4, -0.2) is 77.2 Å². The predicted octanol–water partition coefficient (Wildman–Crippen LogP) is 6.99. The van der Waals surface area contributed by atoms with Crippen molar-refractivity contribution in [2.75, 3.05) is 44.2 Å². The first-order chi connectivity index (χ1) is 23.8. The van der Waals surface area contributed by atoms with E-state index in [0.717, 1.165) is 32.5 Å². The van der Waals surface area contributed by atoms with E-state index in [0.29, 0.717) is 59.2 Å². The maximum Gasteiger partial charge on any atom is 0.319 e. The van der Waals surface area contributed by atoms with Crippen molar-refractivity contribution < 1.29 is 22.3 Å². The van der Waals surface area contributed by atoms with Crippen LogP contribution in [0, 0.1) is 35.8 Å². The van der Waals surface area contributed by atoms with Crippen LogP contribution in [0.5, 0.6) is 6.01 Å². The topological polar surface area (TPSA) is 66.4 Å². The Hall–Kier alpha value is -4.01. The maximum absolute atomic E-state index is 17.0. The van der Waals surface area contributed by atoms with Crippen LogP contribution < -0.4 is 15.0 Å². The highest BCUT2D eigenvalue weighted by molar-refractivity contribution is 6.02. The van der Waals surface area contributed by atoms with Crippen LogP contribution in [0.1, 0.15) is 57.7 Å². The van der Waals surface area contributed by atoms with Gasteiger partial charge in [-0.05, 0) is 55.5 Å². The summed E-state index contributed by atoms with van der Waals surface area (Å²) < 4.78 is 65.0. The number of nitrogens with zero attached hydrogens (tertiary/aromatic N) is 5. The normalized spacial score (nSPS) is 24.7. The number of piperazine rings is 1. The minimum Gasteiger partial charge on any atom is -0.461 e. The van der Waals surface area contributed by atoms with Crippen molar-refractivity contribution >= 4 is 27.5 Å². The lowest BCUT2D eigenvalue weighted by Crippen LogP contribution is -2.54. The van der Waals surface area contributed by atoms with Gasteiger partial charge in [0.05, 0.1) is 22.2 Å². The Kier molecular flexibility index (Phi) is 9.13. The van der Waals surface area contributed by atoms with E-state index in [4.69, 9.17) is 26.1 Å². The van der Waals surface area contributed by atoms with Crippen LogP contribution in [0.3, 0.4) is 0 Å². The fourth-order valence-corrected chi connectivity index (χ4v) is 8.69. The lowest BCUT2D eigenvalue weighted by molar-refractivity contribution is 0.106. The summed E-state index contributed by atoms with van der Waals surface area (Å²) in [6.07, 6.45) is 6.29. The summed E-state index contributed by atoms with van der Waals surface area (Å²) in [5.41, 5.74) is 0.880. The third-order valence-electron chi connectivity index (χ3n) is 10.8. The Morgan fingerprint density at radius 2 is 1.94 bits per heavy atom. The monoisotopic (exact) mass is 674 g/mol. The molecule has 4 aliphatic rings. The Balaban J connectivity index is 0.00000186. The molecule has 0 saturated carbocycles. The number of pyridine rings is 1. The second kappa shape index (κ2) is 13.4. The van der Waals surface area contributed by atoms with Crippen molar-refractivity contribution in [3.05, 3.63) is 53.2 Å². The molecule has 11 heteroatoms. The largest absolute Gasteiger partial charge is 0.461 e. The van der Waals surface area contributed by atoms with E-state index in [1.54, 1.807) is 18.2 Å². The molecule has 0 amide bonds. The predicted molar refractivity (Wildman–Crippen MR) is 184 cm³/mol. The molecule has 4 aromatic rings. The Morgan fingerprint density at radius 1 is 1.10 bits per heavy atom. The molecule has 258 valence electrons.